The van der Waals surface area contributed by atoms with Crippen LogP contribution in [-0.4, -0.2) is 15.3 Å². The lowest BCUT2D eigenvalue weighted by Gasteiger charge is -2.02. The van der Waals surface area contributed by atoms with Gasteiger partial charge in [0.05, 0.1) is 5.75 Å². The molecule has 2 aromatic rings. The summed E-state index contributed by atoms with van der Waals surface area (Å²) in [6.07, 6.45) is 0. The number of hydrogen-bond donors (Lipinski definition) is 1. The van der Waals surface area contributed by atoms with E-state index < -0.39 is 16.8 Å². The Bertz CT molecular complexity index is 658. The maximum atomic E-state index is 12.1. The standard InChI is InChI=1S/C15H16O4S/c1-10-4-3-5-12(6-10)8-20(18)9-13-7-14(15(16)17)11(2)19-13/h3-7H,8-9H2,1-2H3,(H,16,17). The highest BCUT2D eigenvalue weighted by Gasteiger charge is 2.15. The van der Waals surface area contributed by atoms with E-state index in [1.807, 2.05) is 31.2 Å². The van der Waals surface area contributed by atoms with Gasteiger partial charge in [-0.05, 0) is 25.5 Å². The topological polar surface area (TPSA) is 67.5 Å². The zero-order chi connectivity index (χ0) is 14.7. The van der Waals surface area contributed by atoms with Crippen LogP contribution < -0.4 is 0 Å². The Labute approximate surface area is 119 Å². The Kier molecular flexibility index (Phi) is 4.39. The average Bonchev–Trinajstić information content (AvgIpc) is 2.70. The van der Waals surface area contributed by atoms with Gasteiger partial charge in [-0.25, -0.2) is 4.79 Å². The molecule has 0 radical (unpaired) electrons. The highest BCUT2D eigenvalue weighted by Crippen LogP contribution is 2.17. The van der Waals surface area contributed by atoms with Crippen LogP contribution in [0.25, 0.3) is 0 Å². The fraction of sp³-hybridized carbons (Fsp3) is 0.267. The average molecular weight is 292 g/mol. The van der Waals surface area contributed by atoms with E-state index in [-0.39, 0.29) is 11.3 Å². The van der Waals surface area contributed by atoms with Crippen molar-refractivity contribution in [3.05, 3.63) is 58.5 Å². The molecule has 1 heterocycles. The molecule has 0 bridgehead atoms. The minimum absolute atomic E-state index is 0.132. The Morgan fingerprint density at radius 1 is 1.25 bits per heavy atom. The molecule has 0 saturated carbocycles. The quantitative estimate of drug-likeness (QED) is 0.919. The van der Waals surface area contributed by atoms with E-state index in [0.29, 0.717) is 17.3 Å². The number of carboxylic acid groups (broad SMARTS) is 1. The van der Waals surface area contributed by atoms with Gasteiger partial charge < -0.3 is 9.52 Å². The van der Waals surface area contributed by atoms with Gasteiger partial charge in [0.2, 0.25) is 0 Å². The summed E-state index contributed by atoms with van der Waals surface area (Å²) in [5.74, 6) is 0.430. The normalized spacial score (nSPS) is 12.3. The van der Waals surface area contributed by atoms with Crippen LogP contribution in [0, 0.1) is 13.8 Å². The second-order valence-electron chi connectivity index (χ2n) is 4.71. The number of aromatic carboxylic acids is 1. The molecule has 5 heteroatoms. The summed E-state index contributed by atoms with van der Waals surface area (Å²) in [5.41, 5.74) is 2.26. The third kappa shape index (κ3) is 3.57. The molecule has 1 aromatic heterocycles. The van der Waals surface area contributed by atoms with Gasteiger partial charge >= 0.3 is 5.97 Å². The third-order valence-electron chi connectivity index (χ3n) is 2.91. The number of carbonyl (C=O) groups is 1. The Balaban J connectivity index is 2.05. The third-order valence-corrected chi connectivity index (χ3v) is 4.17. The Hall–Kier alpha value is -1.88. The first kappa shape index (κ1) is 14.5. The van der Waals surface area contributed by atoms with Gasteiger partial charge in [-0.3, -0.25) is 4.21 Å². The summed E-state index contributed by atoms with van der Waals surface area (Å²) >= 11 is 0. The fourth-order valence-corrected chi connectivity index (χ4v) is 3.14. The van der Waals surface area contributed by atoms with Crippen LogP contribution in [0.4, 0.5) is 0 Å². The molecule has 0 spiro atoms. The van der Waals surface area contributed by atoms with Gasteiger partial charge in [-0.15, -0.1) is 0 Å². The molecule has 106 valence electrons. The maximum absolute atomic E-state index is 12.1. The molecular weight excluding hydrogens is 276 g/mol. The van der Waals surface area contributed by atoms with Gasteiger partial charge in [0.1, 0.15) is 17.1 Å². The van der Waals surface area contributed by atoms with Crippen molar-refractivity contribution in [1.29, 1.82) is 0 Å². The molecule has 2 rings (SSSR count). The predicted molar refractivity (Wildman–Crippen MR) is 77.1 cm³/mol. The molecule has 1 N–H and O–H groups in total. The molecule has 1 aromatic carbocycles. The first-order valence-electron chi connectivity index (χ1n) is 6.19. The van der Waals surface area contributed by atoms with Crippen molar-refractivity contribution in [1.82, 2.24) is 0 Å². The summed E-state index contributed by atoms with van der Waals surface area (Å²) < 4.78 is 17.4. The van der Waals surface area contributed by atoms with Crippen molar-refractivity contribution in [3.8, 4) is 0 Å². The van der Waals surface area contributed by atoms with E-state index in [9.17, 15) is 9.00 Å². The second kappa shape index (κ2) is 6.05. The molecule has 4 nitrogen and oxygen atoms in total. The van der Waals surface area contributed by atoms with E-state index in [0.717, 1.165) is 11.1 Å². The zero-order valence-electron chi connectivity index (χ0n) is 11.4. The molecule has 0 saturated heterocycles. The lowest BCUT2D eigenvalue weighted by atomic mass is 10.2. The second-order valence-corrected chi connectivity index (χ2v) is 6.16. The van der Waals surface area contributed by atoms with Crippen molar-refractivity contribution < 1.29 is 18.5 Å². The predicted octanol–water partition coefficient (Wildman–Crippen LogP) is 3.04. The monoisotopic (exact) mass is 292 g/mol. The smallest absolute Gasteiger partial charge is 0.339 e. The van der Waals surface area contributed by atoms with Crippen LogP contribution >= 0.6 is 0 Å². The van der Waals surface area contributed by atoms with Gasteiger partial charge in [-0.2, -0.15) is 0 Å². The van der Waals surface area contributed by atoms with E-state index in [4.69, 9.17) is 9.52 Å². The number of benzene rings is 1. The number of hydrogen-bond acceptors (Lipinski definition) is 3. The molecule has 0 fully saturated rings. The summed E-state index contributed by atoms with van der Waals surface area (Å²) in [5, 5.41) is 8.94. The van der Waals surface area contributed by atoms with E-state index >= 15 is 0 Å². The SMILES string of the molecule is Cc1cccc(CS(=O)Cc2cc(C(=O)O)c(C)o2)c1. The first-order valence-corrected chi connectivity index (χ1v) is 7.67. The van der Waals surface area contributed by atoms with Gasteiger partial charge in [-0.1, -0.05) is 29.8 Å². The molecule has 20 heavy (non-hydrogen) atoms. The molecular formula is C15H16O4S. The fourth-order valence-electron chi connectivity index (χ4n) is 2.02. The van der Waals surface area contributed by atoms with Crippen LogP contribution in [0.15, 0.2) is 34.7 Å². The number of carboxylic acids is 1. The highest BCUT2D eigenvalue weighted by molar-refractivity contribution is 7.83. The number of aryl methyl sites for hydroxylation is 2. The zero-order valence-corrected chi connectivity index (χ0v) is 12.2. The minimum atomic E-state index is -1.13. The first-order chi connectivity index (χ1) is 9.45. The molecule has 1 unspecified atom stereocenters. The van der Waals surface area contributed by atoms with Crippen LogP contribution in [0.3, 0.4) is 0 Å². The molecule has 1 atom stereocenters. The van der Waals surface area contributed by atoms with Gasteiger partial charge in [0.15, 0.2) is 0 Å². The van der Waals surface area contributed by atoms with Gasteiger partial charge in [0.25, 0.3) is 0 Å². The molecule has 0 aliphatic heterocycles. The van der Waals surface area contributed by atoms with E-state index in [1.165, 1.54) is 6.07 Å². The van der Waals surface area contributed by atoms with Crippen LogP contribution in [0.5, 0.6) is 0 Å². The highest BCUT2D eigenvalue weighted by atomic mass is 32.2. The van der Waals surface area contributed by atoms with Crippen LogP contribution in [0.2, 0.25) is 0 Å². The number of rotatable bonds is 5. The van der Waals surface area contributed by atoms with E-state index in [1.54, 1.807) is 6.92 Å². The van der Waals surface area contributed by atoms with Crippen molar-refractivity contribution in [2.24, 2.45) is 0 Å². The summed E-state index contributed by atoms with van der Waals surface area (Å²) in [6, 6.07) is 9.30. The number of furan rings is 1. The molecule has 0 aliphatic rings. The summed E-state index contributed by atoms with van der Waals surface area (Å²) in [7, 11) is -1.13. The van der Waals surface area contributed by atoms with E-state index in [2.05, 4.69) is 0 Å². The van der Waals surface area contributed by atoms with Crippen LogP contribution in [-0.2, 0) is 22.3 Å². The minimum Gasteiger partial charge on any atom is -0.478 e. The molecule has 0 aliphatic carbocycles. The van der Waals surface area contributed by atoms with Crippen LogP contribution in [0.1, 0.15) is 33.0 Å². The lowest BCUT2D eigenvalue weighted by Crippen LogP contribution is -1.99. The summed E-state index contributed by atoms with van der Waals surface area (Å²) in [4.78, 5) is 10.9. The van der Waals surface area contributed by atoms with Crippen molar-refractivity contribution in [2.75, 3.05) is 0 Å². The lowest BCUT2D eigenvalue weighted by molar-refractivity contribution is 0.0695. The van der Waals surface area contributed by atoms with Crippen molar-refractivity contribution >= 4 is 16.8 Å². The Morgan fingerprint density at radius 3 is 2.60 bits per heavy atom. The van der Waals surface area contributed by atoms with Crippen molar-refractivity contribution in [2.45, 2.75) is 25.4 Å². The summed E-state index contributed by atoms with van der Waals surface area (Å²) in [6.45, 7) is 3.58. The maximum Gasteiger partial charge on any atom is 0.339 e. The molecule has 0 amide bonds. The van der Waals surface area contributed by atoms with Gasteiger partial charge in [0, 0.05) is 16.6 Å². The largest absolute Gasteiger partial charge is 0.478 e. The Morgan fingerprint density at radius 2 is 2.00 bits per heavy atom. The van der Waals surface area contributed by atoms with Crippen molar-refractivity contribution in [3.63, 3.8) is 0 Å².